The first-order valence-electron chi connectivity index (χ1n) is 5.64. The molecule has 1 heterocycles. The van der Waals surface area contributed by atoms with E-state index in [0.29, 0.717) is 5.13 Å². The third-order valence-electron chi connectivity index (χ3n) is 2.29. The van der Waals surface area contributed by atoms with Crippen LogP contribution in [0.3, 0.4) is 0 Å². The van der Waals surface area contributed by atoms with Gasteiger partial charge in [-0.3, -0.25) is 14.9 Å². The Hall–Kier alpha value is -1.93. The molecular weight excluding hydrogens is 298 g/mol. The van der Waals surface area contributed by atoms with Crippen molar-refractivity contribution in [3.05, 3.63) is 45.5 Å². The van der Waals surface area contributed by atoms with Gasteiger partial charge in [-0.25, -0.2) is 4.98 Å². The van der Waals surface area contributed by atoms with E-state index in [0.717, 1.165) is 9.77 Å². The molecule has 2 aromatic rings. The monoisotopic (exact) mass is 309 g/mol. The largest absolute Gasteiger partial charge is 0.301 e. The van der Waals surface area contributed by atoms with Crippen LogP contribution in [0.5, 0.6) is 0 Å². The van der Waals surface area contributed by atoms with Gasteiger partial charge in [0.25, 0.3) is 5.69 Å². The average molecular weight is 309 g/mol. The van der Waals surface area contributed by atoms with Crippen molar-refractivity contribution < 1.29 is 9.72 Å². The van der Waals surface area contributed by atoms with E-state index in [1.165, 1.54) is 35.2 Å². The molecule has 104 valence electrons. The van der Waals surface area contributed by atoms with Gasteiger partial charge < -0.3 is 5.32 Å². The van der Waals surface area contributed by atoms with Crippen molar-refractivity contribution in [1.29, 1.82) is 0 Å². The molecule has 0 unspecified atom stereocenters. The number of thioether (sulfide) groups is 1. The van der Waals surface area contributed by atoms with Crippen molar-refractivity contribution in [2.45, 2.75) is 11.8 Å². The highest BCUT2D eigenvalue weighted by Crippen LogP contribution is 2.22. The molecule has 0 spiro atoms. The van der Waals surface area contributed by atoms with Crippen LogP contribution >= 0.6 is 23.1 Å². The molecule has 1 N–H and O–H groups in total. The Bertz CT molecular complexity index is 625. The molecule has 2 rings (SSSR count). The smallest absolute Gasteiger partial charge is 0.269 e. The fourth-order valence-electron chi connectivity index (χ4n) is 1.38. The second-order valence-electron chi connectivity index (χ2n) is 3.86. The molecule has 0 aliphatic rings. The maximum Gasteiger partial charge on any atom is 0.269 e. The lowest BCUT2D eigenvalue weighted by atomic mass is 10.3. The number of rotatable bonds is 5. The number of nitro groups is 1. The summed E-state index contributed by atoms with van der Waals surface area (Å²) in [5.74, 6) is 0.0823. The van der Waals surface area contributed by atoms with Crippen molar-refractivity contribution in [2.75, 3.05) is 11.1 Å². The standard InChI is InChI=1S/C12H11N3O3S2/c1-8-6-13-12(20-8)14-11(16)7-19-10-4-2-9(3-5-10)15(17)18/h2-6H,7H2,1H3,(H,13,14,16). The fourth-order valence-corrected chi connectivity index (χ4v) is 2.76. The third-order valence-corrected chi connectivity index (χ3v) is 4.13. The lowest BCUT2D eigenvalue weighted by molar-refractivity contribution is -0.384. The molecule has 1 aromatic heterocycles. The van der Waals surface area contributed by atoms with Crippen molar-refractivity contribution in [1.82, 2.24) is 4.98 Å². The Kier molecular flexibility index (Phi) is 4.70. The number of anilines is 1. The number of hydrogen-bond donors (Lipinski definition) is 1. The van der Waals surface area contributed by atoms with Crippen LogP contribution in [0, 0.1) is 17.0 Å². The number of amides is 1. The number of aromatic nitrogens is 1. The number of nitro benzene ring substituents is 1. The summed E-state index contributed by atoms with van der Waals surface area (Å²) in [6.45, 7) is 1.92. The van der Waals surface area contributed by atoms with Crippen LogP contribution in [0.15, 0.2) is 35.4 Å². The van der Waals surface area contributed by atoms with Gasteiger partial charge in [0, 0.05) is 28.1 Å². The Balaban J connectivity index is 1.85. The lowest BCUT2D eigenvalue weighted by Crippen LogP contribution is -2.13. The quantitative estimate of drug-likeness (QED) is 0.521. The predicted molar refractivity (Wildman–Crippen MR) is 79.3 cm³/mol. The van der Waals surface area contributed by atoms with Crippen LogP contribution in [-0.2, 0) is 4.79 Å². The summed E-state index contributed by atoms with van der Waals surface area (Å²) in [6, 6.07) is 6.10. The highest BCUT2D eigenvalue weighted by molar-refractivity contribution is 8.00. The van der Waals surface area contributed by atoms with Gasteiger partial charge in [-0.2, -0.15) is 0 Å². The number of benzene rings is 1. The van der Waals surface area contributed by atoms with Gasteiger partial charge >= 0.3 is 0 Å². The third kappa shape index (κ3) is 4.04. The molecule has 0 saturated carbocycles. The number of carbonyl (C=O) groups is 1. The minimum absolute atomic E-state index is 0.0389. The van der Waals surface area contributed by atoms with Crippen LogP contribution < -0.4 is 5.32 Å². The summed E-state index contributed by atoms with van der Waals surface area (Å²) >= 11 is 2.73. The summed E-state index contributed by atoms with van der Waals surface area (Å²) in [5, 5.41) is 13.8. The first-order chi connectivity index (χ1) is 9.54. The SMILES string of the molecule is Cc1cnc(NC(=O)CSc2ccc([N+](=O)[O-])cc2)s1. The van der Waals surface area contributed by atoms with Crippen LogP contribution in [-0.4, -0.2) is 21.6 Å². The molecule has 0 aliphatic heterocycles. The van der Waals surface area contributed by atoms with Crippen molar-refractivity contribution in [2.24, 2.45) is 0 Å². The van der Waals surface area contributed by atoms with Crippen molar-refractivity contribution >= 4 is 39.8 Å². The zero-order chi connectivity index (χ0) is 14.5. The number of nitrogens with zero attached hydrogens (tertiary/aromatic N) is 2. The summed E-state index contributed by atoms with van der Waals surface area (Å²) in [4.78, 5) is 27.6. The second kappa shape index (κ2) is 6.49. The van der Waals surface area contributed by atoms with Gasteiger partial charge in [-0.05, 0) is 19.1 Å². The van der Waals surface area contributed by atoms with Crippen LogP contribution in [0.25, 0.3) is 0 Å². The van der Waals surface area contributed by atoms with E-state index in [4.69, 9.17) is 0 Å². The van der Waals surface area contributed by atoms with Crippen molar-refractivity contribution in [3.63, 3.8) is 0 Å². The van der Waals surface area contributed by atoms with E-state index in [1.807, 2.05) is 6.92 Å². The molecule has 0 radical (unpaired) electrons. The van der Waals surface area contributed by atoms with E-state index in [9.17, 15) is 14.9 Å². The van der Waals surface area contributed by atoms with Gasteiger partial charge in [0.1, 0.15) is 0 Å². The first kappa shape index (κ1) is 14.5. The Morgan fingerprint density at radius 3 is 2.70 bits per heavy atom. The fraction of sp³-hybridized carbons (Fsp3) is 0.167. The lowest BCUT2D eigenvalue weighted by Gasteiger charge is -2.02. The van der Waals surface area contributed by atoms with E-state index in [2.05, 4.69) is 10.3 Å². The minimum atomic E-state index is -0.452. The highest BCUT2D eigenvalue weighted by Gasteiger charge is 2.08. The summed E-state index contributed by atoms with van der Waals surface area (Å²) in [6.07, 6.45) is 1.70. The number of non-ortho nitro benzene ring substituents is 1. The molecule has 1 aromatic carbocycles. The number of aryl methyl sites for hydroxylation is 1. The highest BCUT2D eigenvalue weighted by atomic mass is 32.2. The second-order valence-corrected chi connectivity index (χ2v) is 6.15. The summed E-state index contributed by atoms with van der Waals surface area (Å²) < 4.78 is 0. The molecule has 0 aliphatic carbocycles. The predicted octanol–water partition coefficient (Wildman–Crippen LogP) is 3.09. The number of hydrogen-bond acceptors (Lipinski definition) is 6. The molecule has 20 heavy (non-hydrogen) atoms. The summed E-state index contributed by atoms with van der Waals surface area (Å²) in [5.41, 5.74) is 0.0389. The number of carbonyl (C=O) groups excluding carboxylic acids is 1. The summed E-state index contributed by atoms with van der Waals surface area (Å²) in [7, 11) is 0. The molecular formula is C12H11N3O3S2. The molecule has 1 amide bonds. The molecule has 0 atom stereocenters. The van der Waals surface area contributed by atoms with Gasteiger partial charge in [0.05, 0.1) is 10.7 Å². The Morgan fingerprint density at radius 1 is 1.45 bits per heavy atom. The van der Waals surface area contributed by atoms with Gasteiger partial charge in [0.2, 0.25) is 5.91 Å². The van der Waals surface area contributed by atoms with Crippen molar-refractivity contribution in [3.8, 4) is 0 Å². The normalized spacial score (nSPS) is 10.2. The molecule has 0 bridgehead atoms. The van der Waals surface area contributed by atoms with E-state index in [1.54, 1.807) is 18.3 Å². The molecule has 8 heteroatoms. The van der Waals surface area contributed by atoms with Crippen LogP contribution in [0.4, 0.5) is 10.8 Å². The number of thiazole rings is 1. The van der Waals surface area contributed by atoms with Crippen LogP contribution in [0.1, 0.15) is 4.88 Å². The van der Waals surface area contributed by atoms with Gasteiger partial charge in [0.15, 0.2) is 5.13 Å². The van der Waals surface area contributed by atoms with E-state index in [-0.39, 0.29) is 17.3 Å². The Morgan fingerprint density at radius 2 is 2.15 bits per heavy atom. The van der Waals surface area contributed by atoms with E-state index < -0.39 is 4.92 Å². The molecule has 6 nitrogen and oxygen atoms in total. The number of nitrogens with one attached hydrogen (secondary N) is 1. The van der Waals surface area contributed by atoms with Gasteiger partial charge in [-0.15, -0.1) is 23.1 Å². The van der Waals surface area contributed by atoms with E-state index >= 15 is 0 Å². The topological polar surface area (TPSA) is 85.1 Å². The van der Waals surface area contributed by atoms with Crippen LogP contribution in [0.2, 0.25) is 0 Å². The van der Waals surface area contributed by atoms with Gasteiger partial charge in [-0.1, -0.05) is 0 Å². The zero-order valence-electron chi connectivity index (χ0n) is 10.5. The maximum atomic E-state index is 11.7. The maximum absolute atomic E-state index is 11.7. The zero-order valence-corrected chi connectivity index (χ0v) is 12.2. The first-order valence-corrected chi connectivity index (χ1v) is 7.44. The molecule has 0 fully saturated rings. The minimum Gasteiger partial charge on any atom is -0.301 e. The Labute approximate surface area is 123 Å². The average Bonchev–Trinajstić information content (AvgIpc) is 2.82. The molecule has 0 saturated heterocycles.